The molecule has 0 saturated carbocycles. The van der Waals surface area contributed by atoms with Crippen molar-refractivity contribution in [1.29, 1.82) is 0 Å². The van der Waals surface area contributed by atoms with Gasteiger partial charge < -0.3 is 4.90 Å². The van der Waals surface area contributed by atoms with Gasteiger partial charge in [0.05, 0.1) is 15.7 Å². The van der Waals surface area contributed by atoms with Gasteiger partial charge in [0.15, 0.2) is 0 Å². The summed E-state index contributed by atoms with van der Waals surface area (Å²) in [5.74, 6) is -0.956. The van der Waals surface area contributed by atoms with Crippen molar-refractivity contribution in [2.45, 2.75) is 89.6 Å². The maximum Gasteiger partial charge on any atom is 0.471 e. The number of carbonyl (C=O) groups is 1. The number of hydrogen-bond donors (Lipinski definition) is 0. The molecule has 0 aliphatic carbocycles. The number of unbranched alkanes of at least 4 members (excludes halogenated alkanes) is 2. The number of allylic oxidation sites excluding steroid dienone is 1. The predicted octanol–water partition coefficient (Wildman–Crippen LogP) is 6.87. The summed E-state index contributed by atoms with van der Waals surface area (Å²) in [6.07, 6.45) is -1.35. The molecule has 0 fully saturated rings. The molecule has 0 radical (unpaired) electrons. The average Bonchev–Trinajstić information content (AvgIpc) is 2.67. The first-order valence-corrected chi connectivity index (χ1v) is 12.1. The average molecular weight is 460 g/mol. The van der Waals surface area contributed by atoms with Gasteiger partial charge in [0.25, 0.3) is 0 Å². The normalized spacial score (nSPS) is 13.6. The van der Waals surface area contributed by atoms with Gasteiger partial charge in [0, 0.05) is 19.0 Å². The molecular weight excluding hydrogens is 423 g/mol. The molecule has 31 heavy (non-hydrogen) atoms. The first-order chi connectivity index (χ1) is 14.3. The molecule has 0 saturated heterocycles. The Morgan fingerprint density at radius 1 is 1.00 bits per heavy atom. The van der Waals surface area contributed by atoms with Crippen molar-refractivity contribution in [2.24, 2.45) is 0 Å². The third-order valence-corrected chi connectivity index (χ3v) is 6.52. The minimum atomic E-state index is -4.83. The van der Waals surface area contributed by atoms with E-state index < -0.39 is 22.9 Å². The summed E-state index contributed by atoms with van der Waals surface area (Å²) in [5.41, 5.74) is 3.45. The van der Waals surface area contributed by atoms with Crippen LogP contribution in [0.3, 0.4) is 0 Å². The number of benzene rings is 1. The standard InChI is InChI=1S/C24H36F3NO2S/c1-16(2)19-14-20(17(3)4)22(21(15-19)18(5)6)31(30)13-11-9-8-10-12-28(7)23(29)24(25,26)27/h11,13-18H,8-10,12H2,1-7H3/b13-11+. The zero-order valence-electron chi connectivity index (χ0n) is 19.7. The minimum absolute atomic E-state index is 0.0426. The number of alkyl halides is 3. The van der Waals surface area contributed by atoms with Crippen molar-refractivity contribution < 1.29 is 22.2 Å². The van der Waals surface area contributed by atoms with Crippen LogP contribution in [0.1, 0.15) is 95.2 Å². The van der Waals surface area contributed by atoms with E-state index in [1.54, 1.807) is 5.41 Å². The van der Waals surface area contributed by atoms with Gasteiger partial charge in [-0.2, -0.15) is 13.2 Å². The summed E-state index contributed by atoms with van der Waals surface area (Å²) in [5, 5.41) is 1.69. The van der Waals surface area contributed by atoms with E-state index in [1.165, 1.54) is 5.56 Å². The lowest BCUT2D eigenvalue weighted by Crippen LogP contribution is -2.38. The van der Waals surface area contributed by atoms with E-state index in [2.05, 4.69) is 53.7 Å². The second-order valence-electron chi connectivity index (χ2n) is 8.88. The predicted molar refractivity (Wildman–Crippen MR) is 122 cm³/mol. The van der Waals surface area contributed by atoms with E-state index in [1.807, 2.05) is 6.08 Å². The Bertz CT molecular complexity index is 769. The summed E-state index contributed by atoms with van der Waals surface area (Å²) >= 11 is 0. The summed E-state index contributed by atoms with van der Waals surface area (Å²) in [6.45, 7) is 12.8. The summed E-state index contributed by atoms with van der Waals surface area (Å²) in [4.78, 5) is 12.7. The molecule has 0 bridgehead atoms. The Labute approximate surface area is 187 Å². The first-order valence-electron chi connectivity index (χ1n) is 10.8. The molecule has 1 amide bonds. The number of halogens is 3. The van der Waals surface area contributed by atoms with E-state index in [4.69, 9.17) is 0 Å². The zero-order valence-corrected chi connectivity index (χ0v) is 20.5. The second kappa shape index (κ2) is 11.8. The molecule has 1 aromatic rings. The number of carbonyl (C=O) groups excluding carboxylic acids is 1. The molecule has 1 atom stereocenters. The molecule has 0 heterocycles. The van der Waals surface area contributed by atoms with Crippen LogP contribution in [0.5, 0.6) is 0 Å². The quantitative estimate of drug-likeness (QED) is 0.358. The van der Waals surface area contributed by atoms with Gasteiger partial charge >= 0.3 is 12.1 Å². The van der Waals surface area contributed by atoms with Crippen molar-refractivity contribution in [3.05, 3.63) is 40.3 Å². The Hall–Kier alpha value is -1.63. The lowest BCUT2D eigenvalue weighted by atomic mass is 9.89. The van der Waals surface area contributed by atoms with Crippen molar-refractivity contribution >= 4 is 16.7 Å². The van der Waals surface area contributed by atoms with E-state index >= 15 is 0 Å². The van der Waals surface area contributed by atoms with Crippen molar-refractivity contribution in [1.82, 2.24) is 4.90 Å². The van der Waals surface area contributed by atoms with Crippen LogP contribution in [0.25, 0.3) is 0 Å². The molecule has 3 nitrogen and oxygen atoms in total. The molecule has 7 heteroatoms. The van der Waals surface area contributed by atoms with Gasteiger partial charge in [0.1, 0.15) is 0 Å². The van der Waals surface area contributed by atoms with Crippen LogP contribution in [0.2, 0.25) is 0 Å². The van der Waals surface area contributed by atoms with Crippen molar-refractivity contribution in [3.63, 3.8) is 0 Å². The van der Waals surface area contributed by atoms with E-state index in [-0.39, 0.29) is 18.4 Å². The second-order valence-corrected chi connectivity index (χ2v) is 10.2. The molecule has 0 N–H and O–H groups in total. The van der Waals surface area contributed by atoms with E-state index in [9.17, 15) is 22.2 Å². The lowest BCUT2D eigenvalue weighted by molar-refractivity contribution is -0.184. The first kappa shape index (κ1) is 27.4. The number of amides is 1. The Balaban J connectivity index is 2.85. The third-order valence-electron chi connectivity index (χ3n) is 5.20. The van der Waals surface area contributed by atoms with Crippen LogP contribution in [-0.2, 0) is 15.6 Å². The highest BCUT2D eigenvalue weighted by Crippen LogP contribution is 2.34. The Morgan fingerprint density at radius 3 is 1.94 bits per heavy atom. The van der Waals surface area contributed by atoms with Crippen LogP contribution in [0.15, 0.2) is 28.5 Å². The maximum atomic E-state index is 13.2. The number of rotatable bonds is 10. The highest BCUT2D eigenvalue weighted by atomic mass is 32.2. The maximum absolute atomic E-state index is 13.2. The van der Waals surface area contributed by atoms with Gasteiger partial charge in [-0.3, -0.25) is 4.79 Å². The molecule has 0 aliphatic heterocycles. The summed E-state index contributed by atoms with van der Waals surface area (Å²) in [7, 11) is -0.141. The lowest BCUT2D eigenvalue weighted by Gasteiger charge is -2.21. The van der Waals surface area contributed by atoms with Crippen LogP contribution in [0, 0.1) is 0 Å². The SMILES string of the molecule is CC(C)c1cc(C(C)C)c(S(=O)/C=C/CCCCN(C)C(=O)C(F)(F)F)c(C(C)C)c1. The number of hydrogen-bond acceptors (Lipinski definition) is 2. The monoisotopic (exact) mass is 459 g/mol. The molecule has 0 aliphatic rings. The Morgan fingerprint density at radius 2 is 1.52 bits per heavy atom. The fraction of sp³-hybridized carbons (Fsp3) is 0.625. The largest absolute Gasteiger partial charge is 0.471 e. The molecule has 176 valence electrons. The molecule has 0 spiro atoms. The van der Waals surface area contributed by atoms with E-state index in [0.29, 0.717) is 30.1 Å². The molecule has 1 rings (SSSR count). The molecule has 1 aromatic carbocycles. The van der Waals surface area contributed by atoms with Gasteiger partial charge in [-0.1, -0.05) is 59.8 Å². The Kier molecular flexibility index (Phi) is 10.5. The highest BCUT2D eigenvalue weighted by molar-refractivity contribution is 7.88. The fourth-order valence-corrected chi connectivity index (χ4v) is 4.78. The number of nitrogens with zero attached hydrogens (tertiary/aromatic N) is 1. The smallest absolute Gasteiger partial charge is 0.338 e. The molecule has 1 unspecified atom stereocenters. The van der Waals surface area contributed by atoms with Crippen LogP contribution in [-0.4, -0.2) is 34.8 Å². The van der Waals surface area contributed by atoms with Crippen molar-refractivity contribution in [3.8, 4) is 0 Å². The van der Waals surface area contributed by atoms with Crippen LogP contribution >= 0.6 is 0 Å². The molecular formula is C24H36F3NO2S. The van der Waals surface area contributed by atoms with Gasteiger partial charge in [-0.25, -0.2) is 4.21 Å². The zero-order chi connectivity index (χ0) is 23.9. The summed E-state index contributed by atoms with van der Waals surface area (Å²) in [6, 6.07) is 4.32. The van der Waals surface area contributed by atoms with Crippen LogP contribution in [0.4, 0.5) is 13.2 Å². The molecule has 0 aromatic heterocycles. The van der Waals surface area contributed by atoms with Crippen molar-refractivity contribution in [2.75, 3.05) is 13.6 Å². The topological polar surface area (TPSA) is 37.4 Å². The van der Waals surface area contributed by atoms with Crippen LogP contribution < -0.4 is 0 Å². The summed E-state index contributed by atoms with van der Waals surface area (Å²) < 4.78 is 50.3. The minimum Gasteiger partial charge on any atom is -0.338 e. The van der Waals surface area contributed by atoms with Gasteiger partial charge in [0.2, 0.25) is 0 Å². The fourth-order valence-electron chi connectivity index (χ4n) is 3.27. The van der Waals surface area contributed by atoms with Gasteiger partial charge in [-0.15, -0.1) is 0 Å². The van der Waals surface area contributed by atoms with Gasteiger partial charge in [-0.05, 0) is 53.7 Å². The third kappa shape index (κ3) is 8.09. The highest BCUT2D eigenvalue weighted by Gasteiger charge is 2.40. The van der Waals surface area contributed by atoms with E-state index in [0.717, 1.165) is 23.1 Å².